The average molecular weight is 444 g/mol. The minimum atomic E-state index is 0. The number of hydrogen-bond donors (Lipinski definition) is 0. The second-order valence-electron chi connectivity index (χ2n) is 9.90. The maximum atomic E-state index is 4.03. The van der Waals surface area contributed by atoms with Gasteiger partial charge in [0.05, 0.1) is 26.7 Å². The van der Waals surface area contributed by atoms with Crippen molar-refractivity contribution in [1.82, 2.24) is 0 Å². The molecule has 0 aliphatic rings. The highest BCUT2D eigenvalue weighted by Gasteiger charge is 2.18. The van der Waals surface area contributed by atoms with Gasteiger partial charge in [-0.15, -0.1) is 0 Å². The van der Waals surface area contributed by atoms with Crippen molar-refractivity contribution in [3.05, 3.63) is 12.7 Å². The summed E-state index contributed by atoms with van der Waals surface area (Å²) in [6.07, 6.45) is 30.8. The fourth-order valence-corrected chi connectivity index (χ4v) is 4.57. The molecular formula is C28H58ClN. The van der Waals surface area contributed by atoms with E-state index in [1.165, 1.54) is 146 Å². The predicted octanol–water partition coefficient (Wildman–Crippen LogP) is 6.46. The minimum absolute atomic E-state index is 0. The molecule has 182 valence electrons. The van der Waals surface area contributed by atoms with Crippen LogP contribution in [0.4, 0.5) is 0 Å². The van der Waals surface area contributed by atoms with Gasteiger partial charge in [-0.1, -0.05) is 123 Å². The van der Waals surface area contributed by atoms with Crippen LogP contribution in [0.25, 0.3) is 0 Å². The van der Waals surface area contributed by atoms with E-state index in [4.69, 9.17) is 0 Å². The van der Waals surface area contributed by atoms with Gasteiger partial charge in [-0.05, 0) is 31.8 Å². The molecule has 0 atom stereocenters. The number of likely N-dealkylation sites (N-methyl/N-ethyl adjacent to an activating group) is 1. The zero-order chi connectivity index (χ0) is 21.5. The second-order valence-corrected chi connectivity index (χ2v) is 9.90. The van der Waals surface area contributed by atoms with E-state index in [2.05, 4.69) is 33.6 Å². The monoisotopic (exact) mass is 443 g/mol. The number of hydrogen-bond acceptors (Lipinski definition) is 0. The van der Waals surface area contributed by atoms with Crippen LogP contribution in [0, 0.1) is 0 Å². The molecule has 0 saturated heterocycles. The zero-order valence-corrected chi connectivity index (χ0v) is 22.1. The molecule has 0 aromatic carbocycles. The first-order valence-electron chi connectivity index (χ1n) is 13.6. The summed E-state index contributed by atoms with van der Waals surface area (Å²) in [6, 6.07) is 0. The first-order chi connectivity index (χ1) is 14.2. The Morgan fingerprint density at radius 1 is 0.500 bits per heavy atom. The third kappa shape index (κ3) is 22.7. The predicted molar refractivity (Wildman–Crippen MR) is 135 cm³/mol. The zero-order valence-electron chi connectivity index (χ0n) is 21.4. The standard InChI is InChI=1S/C28H58N.ClH/c1-5-8-10-12-14-16-18-20-22-24-27-29(4,26-7-3)28-25-23-21-19-17-15-13-11-9-6-2;/h7H,3,5-6,8-28H2,1-2,4H3;1H/q+1;/p-1. The summed E-state index contributed by atoms with van der Waals surface area (Å²) in [7, 11) is 2.46. The molecule has 0 fully saturated rings. The average Bonchev–Trinajstić information content (AvgIpc) is 2.71. The lowest BCUT2D eigenvalue weighted by molar-refractivity contribution is -0.904. The summed E-state index contributed by atoms with van der Waals surface area (Å²) in [4.78, 5) is 0. The second kappa shape index (κ2) is 25.3. The van der Waals surface area contributed by atoms with Crippen LogP contribution >= 0.6 is 0 Å². The lowest BCUT2D eigenvalue weighted by Gasteiger charge is -2.34. The maximum absolute atomic E-state index is 4.03. The van der Waals surface area contributed by atoms with Crippen molar-refractivity contribution in [2.24, 2.45) is 0 Å². The van der Waals surface area contributed by atoms with E-state index in [0.717, 1.165) is 6.54 Å². The van der Waals surface area contributed by atoms with Gasteiger partial charge >= 0.3 is 0 Å². The van der Waals surface area contributed by atoms with Gasteiger partial charge in [0.1, 0.15) is 0 Å². The lowest BCUT2D eigenvalue weighted by atomic mass is 10.1. The molecule has 0 aromatic rings. The molecule has 0 amide bonds. The summed E-state index contributed by atoms with van der Waals surface area (Å²) < 4.78 is 1.22. The number of halogens is 1. The van der Waals surface area contributed by atoms with E-state index in [9.17, 15) is 0 Å². The van der Waals surface area contributed by atoms with Gasteiger partial charge in [0, 0.05) is 0 Å². The molecule has 0 saturated carbocycles. The SMILES string of the molecule is C=CC[N+](C)(CCCCCCCCCCCC)CCCCCCCCCCCC.[Cl-]. The molecule has 0 unspecified atom stereocenters. The fourth-order valence-electron chi connectivity index (χ4n) is 4.57. The lowest BCUT2D eigenvalue weighted by Crippen LogP contribution is -3.00. The topological polar surface area (TPSA) is 0 Å². The van der Waals surface area contributed by atoms with Crippen molar-refractivity contribution in [1.29, 1.82) is 0 Å². The van der Waals surface area contributed by atoms with Crippen LogP contribution in [0.2, 0.25) is 0 Å². The van der Waals surface area contributed by atoms with E-state index in [1.807, 2.05) is 0 Å². The fraction of sp³-hybridized carbons (Fsp3) is 0.929. The van der Waals surface area contributed by atoms with Gasteiger partial charge in [0.25, 0.3) is 0 Å². The molecule has 0 bridgehead atoms. The third-order valence-electron chi connectivity index (χ3n) is 6.67. The molecule has 30 heavy (non-hydrogen) atoms. The summed E-state index contributed by atoms with van der Waals surface area (Å²) in [5.74, 6) is 0. The van der Waals surface area contributed by atoms with Crippen LogP contribution < -0.4 is 12.4 Å². The van der Waals surface area contributed by atoms with Crippen molar-refractivity contribution in [2.45, 2.75) is 142 Å². The molecule has 0 aliphatic carbocycles. The Morgan fingerprint density at radius 2 is 0.767 bits per heavy atom. The Bertz CT molecular complexity index is 305. The summed E-state index contributed by atoms with van der Waals surface area (Å²) >= 11 is 0. The number of nitrogens with zero attached hydrogens (tertiary/aromatic N) is 1. The third-order valence-corrected chi connectivity index (χ3v) is 6.67. The van der Waals surface area contributed by atoms with Crippen LogP contribution in [0.3, 0.4) is 0 Å². The smallest absolute Gasteiger partial charge is 0.0969 e. The first kappa shape index (κ1) is 32.2. The summed E-state index contributed by atoms with van der Waals surface area (Å²) in [5, 5.41) is 0. The van der Waals surface area contributed by atoms with E-state index in [1.54, 1.807) is 0 Å². The molecule has 0 heterocycles. The Balaban J connectivity index is 0. The number of unbranched alkanes of at least 4 members (excludes halogenated alkanes) is 18. The van der Waals surface area contributed by atoms with Crippen LogP contribution in [-0.4, -0.2) is 31.2 Å². The van der Waals surface area contributed by atoms with Crippen molar-refractivity contribution in [3.8, 4) is 0 Å². The first-order valence-corrected chi connectivity index (χ1v) is 13.6. The minimum Gasteiger partial charge on any atom is -1.00 e. The maximum Gasteiger partial charge on any atom is 0.0969 e. The molecule has 0 aromatic heterocycles. The highest BCUT2D eigenvalue weighted by molar-refractivity contribution is 4.65. The Kier molecular flexibility index (Phi) is 27.1. The van der Waals surface area contributed by atoms with Crippen LogP contribution in [0.5, 0.6) is 0 Å². The molecule has 0 radical (unpaired) electrons. The normalized spacial score (nSPS) is 11.4. The largest absolute Gasteiger partial charge is 1.00 e. The quantitative estimate of drug-likeness (QED) is 0.0911. The van der Waals surface area contributed by atoms with Crippen molar-refractivity contribution in [2.75, 3.05) is 26.7 Å². The molecule has 0 rings (SSSR count). The van der Waals surface area contributed by atoms with Gasteiger partial charge in [0.15, 0.2) is 0 Å². The molecule has 0 aliphatic heterocycles. The van der Waals surface area contributed by atoms with E-state index >= 15 is 0 Å². The van der Waals surface area contributed by atoms with E-state index in [-0.39, 0.29) is 12.4 Å². The number of rotatable bonds is 24. The van der Waals surface area contributed by atoms with Gasteiger partial charge in [-0.25, -0.2) is 0 Å². The van der Waals surface area contributed by atoms with Crippen molar-refractivity contribution in [3.63, 3.8) is 0 Å². The van der Waals surface area contributed by atoms with Gasteiger partial charge in [-0.3, -0.25) is 0 Å². The van der Waals surface area contributed by atoms with Crippen molar-refractivity contribution >= 4 is 0 Å². The van der Waals surface area contributed by atoms with Crippen LogP contribution in [0.1, 0.15) is 142 Å². The van der Waals surface area contributed by atoms with Gasteiger partial charge in [0.2, 0.25) is 0 Å². The molecule has 0 spiro atoms. The Morgan fingerprint density at radius 3 is 1.03 bits per heavy atom. The molecule has 0 N–H and O–H groups in total. The molecular weight excluding hydrogens is 386 g/mol. The Hall–Kier alpha value is -0.0100. The van der Waals surface area contributed by atoms with Gasteiger partial charge in [-0.2, -0.15) is 0 Å². The van der Waals surface area contributed by atoms with Crippen molar-refractivity contribution < 1.29 is 16.9 Å². The van der Waals surface area contributed by atoms with E-state index < -0.39 is 0 Å². The van der Waals surface area contributed by atoms with Crippen LogP contribution in [0.15, 0.2) is 12.7 Å². The highest BCUT2D eigenvalue weighted by Crippen LogP contribution is 2.15. The summed E-state index contributed by atoms with van der Waals surface area (Å²) in [6.45, 7) is 12.5. The molecule has 1 nitrogen and oxygen atoms in total. The highest BCUT2D eigenvalue weighted by atomic mass is 35.5. The number of quaternary nitrogens is 1. The van der Waals surface area contributed by atoms with E-state index in [0.29, 0.717) is 0 Å². The molecule has 2 heteroatoms. The van der Waals surface area contributed by atoms with Gasteiger partial charge < -0.3 is 16.9 Å². The Labute approximate surface area is 198 Å². The van der Waals surface area contributed by atoms with Crippen LogP contribution in [-0.2, 0) is 0 Å². The summed E-state index contributed by atoms with van der Waals surface area (Å²) in [5.41, 5.74) is 0.